The van der Waals surface area contributed by atoms with Crippen LogP contribution in [0.3, 0.4) is 0 Å². The maximum atomic E-state index is 12.0. The summed E-state index contributed by atoms with van der Waals surface area (Å²) in [7, 11) is 3.33. The van der Waals surface area contributed by atoms with Crippen LogP contribution in [0.1, 0.15) is 11.7 Å². The first-order valence-electron chi connectivity index (χ1n) is 5.81. The number of carboxylic acid groups (broad SMARTS) is 1. The Bertz CT molecular complexity index is 527. The van der Waals surface area contributed by atoms with Crippen molar-refractivity contribution in [1.29, 1.82) is 5.26 Å². The number of esters is 1. The van der Waals surface area contributed by atoms with Gasteiger partial charge in [-0.15, -0.1) is 0 Å². The lowest BCUT2D eigenvalue weighted by Gasteiger charge is -2.36. The van der Waals surface area contributed by atoms with Gasteiger partial charge in [-0.3, -0.25) is 0 Å². The van der Waals surface area contributed by atoms with E-state index >= 15 is 0 Å². The third-order valence-electron chi connectivity index (χ3n) is 3.06. The van der Waals surface area contributed by atoms with E-state index in [4.69, 9.17) is 19.2 Å². The topological polar surface area (TPSA) is 122 Å². The van der Waals surface area contributed by atoms with Crippen molar-refractivity contribution in [2.75, 3.05) is 21.3 Å². The lowest BCUT2D eigenvalue weighted by molar-refractivity contribution is -0.314. The molecule has 0 aliphatic rings. The monoisotopic (exact) mass is 296 g/mol. The van der Waals surface area contributed by atoms with Crippen LogP contribution in [-0.2, 0) is 23.8 Å². The van der Waals surface area contributed by atoms with Crippen LogP contribution in [0.15, 0.2) is 22.8 Å². The highest BCUT2D eigenvalue weighted by Crippen LogP contribution is 2.39. The number of hydrogen-bond acceptors (Lipinski definition) is 8. The third-order valence-corrected chi connectivity index (χ3v) is 3.06. The third kappa shape index (κ3) is 2.89. The van der Waals surface area contributed by atoms with Gasteiger partial charge in [0.15, 0.2) is 0 Å². The molecule has 1 aromatic heterocycles. The van der Waals surface area contributed by atoms with Gasteiger partial charge in [-0.1, -0.05) is 0 Å². The molecular formula is C13H14NO7-. The summed E-state index contributed by atoms with van der Waals surface area (Å²) in [6, 6.07) is 4.42. The standard InChI is InChI=1S/C13H15NO7/c1-18-12(17)13(19-2,20-3)10(8(7-14)11(15)16)9-5-4-6-21-9/h4-6,8,10H,1-3H3,(H,15,16)/p-1/t8-,10-/m0/s1. The van der Waals surface area contributed by atoms with E-state index in [-0.39, 0.29) is 5.76 Å². The molecule has 1 rings (SSSR count). The first kappa shape index (κ1) is 16.7. The van der Waals surface area contributed by atoms with Gasteiger partial charge in [0.2, 0.25) is 0 Å². The molecule has 1 aromatic rings. The van der Waals surface area contributed by atoms with Gasteiger partial charge in [-0.2, -0.15) is 5.26 Å². The average molecular weight is 296 g/mol. The lowest BCUT2D eigenvalue weighted by atomic mass is 9.83. The molecule has 0 aliphatic heterocycles. The molecule has 0 amide bonds. The van der Waals surface area contributed by atoms with E-state index in [0.717, 1.165) is 21.3 Å². The van der Waals surface area contributed by atoms with Gasteiger partial charge >= 0.3 is 5.97 Å². The number of carboxylic acids is 1. The second kappa shape index (κ2) is 6.88. The lowest BCUT2D eigenvalue weighted by Crippen LogP contribution is -2.53. The van der Waals surface area contributed by atoms with Crippen molar-refractivity contribution in [3.05, 3.63) is 24.2 Å². The van der Waals surface area contributed by atoms with Crippen LogP contribution in [0.5, 0.6) is 0 Å². The summed E-state index contributed by atoms with van der Waals surface area (Å²) >= 11 is 0. The molecule has 21 heavy (non-hydrogen) atoms. The smallest absolute Gasteiger partial charge is 0.367 e. The van der Waals surface area contributed by atoms with E-state index < -0.39 is 29.6 Å². The number of methoxy groups -OCH3 is 3. The Kier molecular flexibility index (Phi) is 5.46. The molecule has 2 atom stereocenters. The van der Waals surface area contributed by atoms with Crippen molar-refractivity contribution < 1.29 is 33.3 Å². The minimum absolute atomic E-state index is 0.0138. The molecule has 8 heteroatoms. The van der Waals surface area contributed by atoms with Gasteiger partial charge < -0.3 is 28.5 Å². The molecule has 1 heterocycles. The number of furan rings is 1. The van der Waals surface area contributed by atoms with Gasteiger partial charge in [-0.05, 0) is 12.1 Å². The second-order valence-electron chi connectivity index (χ2n) is 3.99. The maximum Gasteiger partial charge on any atom is 0.367 e. The zero-order valence-corrected chi connectivity index (χ0v) is 11.7. The summed E-state index contributed by atoms with van der Waals surface area (Å²) in [4.78, 5) is 23.3. The molecule has 0 radical (unpaired) electrons. The number of aliphatic carboxylic acids is 1. The van der Waals surface area contributed by atoms with E-state index in [2.05, 4.69) is 4.74 Å². The van der Waals surface area contributed by atoms with Crippen LogP contribution >= 0.6 is 0 Å². The normalized spacial score (nSPS) is 14.0. The number of carbonyl (C=O) groups is 2. The Morgan fingerprint density at radius 3 is 2.33 bits per heavy atom. The van der Waals surface area contributed by atoms with Crippen LogP contribution in [0, 0.1) is 17.2 Å². The van der Waals surface area contributed by atoms with Crippen molar-refractivity contribution in [2.45, 2.75) is 11.7 Å². The van der Waals surface area contributed by atoms with E-state index in [9.17, 15) is 14.7 Å². The van der Waals surface area contributed by atoms with Gasteiger partial charge in [0.1, 0.15) is 17.6 Å². The minimum atomic E-state index is -2.16. The van der Waals surface area contributed by atoms with Gasteiger partial charge in [-0.25, -0.2) is 4.79 Å². The average Bonchev–Trinajstić information content (AvgIpc) is 3.00. The van der Waals surface area contributed by atoms with Crippen molar-refractivity contribution in [2.24, 2.45) is 5.92 Å². The van der Waals surface area contributed by atoms with Crippen molar-refractivity contribution in [1.82, 2.24) is 0 Å². The molecule has 0 aromatic carbocycles. The fraction of sp³-hybridized carbons (Fsp3) is 0.462. The summed E-state index contributed by atoms with van der Waals surface area (Å²) in [6.45, 7) is 0. The number of ether oxygens (including phenoxy) is 3. The number of nitrogens with zero attached hydrogens (tertiary/aromatic N) is 1. The minimum Gasteiger partial charge on any atom is -0.549 e. The Hall–Kier alpha value is -2.37. The van der Waals surface area contributed by atoms with E-state index in [1.165, 1.54) is 18.4 Å². The highest BCUT2D eigenvalue weighted by Gasteiger charge is 2.54. The van der Waals surface area contributed by atoms with E-state index in [1.807, 2.05) is 0 Å². The predicted molar refractivity (Wildman–Crippen MR) is 64.3 cm³/mol. The van der Waals surface area contributed by atoms with Gasteiger partial charge in [0.25, 0.3) is 5.79 Å². The molecule has 0 N–H and O–H groups in total. The summed E-state index contributed by atoms with van der Waals surface area (Å²) in [5, 5.41) is 20.3. The highest BCUT2D eigenvalue weighted by atomic mass is 16.7. The number of nitriles is 1. The van der Waals surface area contributed by atoms with Crippen LogP contribution in [0.4, 0.5) is 0 Å². The summed E-state index contributed by atoms with van der Waals surface area (Å²) in [6.07, 6.45) is 1.26. The molecule has 0 bridgehead atoms. The Morgan fingerprint density at radius 2 is 2.00 bits per heavy atom. The summed E-state index contributed by atoms with van der Waals surface area (Å²) < 4.78 is 19.8. The van der Waals surface area contributed by atoms with Crippen molar-refractivity contribution in [3.8, 4) is 6.07 Å². The fourth-order valence-electron chi connectivity index (χ4n) is 2.08. The quantitative estimate of drug-likeness (QED) is 0.483. The fourth-order valence-corrected chi connectivity index (χ4v) is 2.08. The predicted octanol–water partition coefficient (Wildman–Crippen LogP) is -0.585. The van der Waals surface area contributed by atoms with Gasteiger partial charge in [0.05, 0.1) is 25.4 Å². The zero-order valence-electron chi connectivity index (χ0n) is 11.7. The Balaban J connectivity index is 3.51. The summed E-state index contributed by atoms with van der Waals surface area (Å²) in [5.41, 5.74) is 0. The maximum absolute atomic E-state index is 12.0. The van der Waals surface area contributed by atoms with Crippen LogP contribution < -0.4 is 5.11 Å². The molecule has 0 fully saturated rings. The van der Waals surface area contributed by atoms with Crippen LogP contribution in [-0.4, -0.2) is 39.1 Å². The van der Waals surface area contributed by atoms with E-state index in [1.54, 1.807) is 6.07 Å². The zero-order chi connectivity index (χ0) is 16.0. The molecule has 114 valence electrons. The molecule has 0 aliphatic carbocycles. The summed E-state index contributed by atoms with van der Waals surface area (Å²) in [5.74, 6) is -8.01. The number of hydrogen-bond donors (Lipinski definition) is 0. The van der Waals surface area contributed by atoms with Crippen molar-refractivity contribution >= 4 is 11.9 Å². The molecule has 0 unspecified atom stereocenters. The molecule has 0 spiro atoms. The first-order valence-corrected chi connectivity index (χ1v) is 5.81. The first-order chi connectivity index (χ1) is 9.98. The molecule has 8 nitrogen and oxygen atoms in total. The molecule has 0 saturated heterocycles. The Labute approximate surface area is 120 Å². The largest absolute Gasteiger partial charge is 0.549 e. The molecule has 0 saturated carbocycles. The highest BCUT2D eigenvalue weighted by molar-refractivity contribution is 5.82. The van der Waals surface area contributed by atoms with Crippen LogP contribution in [0.25, 0.3) is 0 Å². The number of rotatable bonds is 7. The number of carbonyl (C=O) groups excluding carboxylic acids is 2. The second-order valence-corrected chi connectivity index (χ2v) is 3.99. The molecular weight excluding hydrogens is 282 g/mol. The van der Waals surface area contributed by atoms with E-state index in [0.29, 0.717) is 0 Å². The Morgan fingerprint density at radius 1 is 1.38 bits per heavy atom. The van der Waals surface area contributed by atoms with Crippen molar-refractivity contribution in [3.63, 3.8) is 0 Å². The SMILES string of the molecule is COC(=O)C(OC)(OC)[C@H](c1ccco1)[C@H](C#N)C(=O)[O-]. The van der Waals surface area contributed by atoms with Crippen LogP contribution in [0.2, 0.25) is 0 Å². The van der Waals surface area contributed by atoms with Gasteiger partial charge in [0, 0.05) is 14.2 Å².